The molecule has 1 aliphatic heterocycles. The Morgan fingerprint density at radius 1 is 1.17 bits per heavy atom. The van der Waals surface area contributed by atoms with E-state index in [2.05, 4.69) is 15.3 Å². The number of carbonyl (C=O) groups is 1. The van der Waals surface area contributed by atoms with Crippen LogP contribution in [0.15, 0.2) is 36.4 Å². The van der Waals surface area contributed by atoms with Gasteiger partial charge in [-0.25, -0.2) is 9.07 Å². The van der Waals surface area contributed by atoms with Crippen molar-refractivity contribution in [3.05, 3.63) is 75.3 Å². The van der Waals surface area contributed by atoms with Crippen LogP contribution < -0.4 is 10.1 Å². The highest BCUT2D eigenvalue weighted by Gasteiger charge is 2.23. The molecule has 0 aliphatic carbocycles. The third-order valence-electron chi connectivity index (χ3n) is 6.75. The van der Waals surface area contributed by atoms with E-state index in [1.165, 1.54) is 13.2 Å². The van der Waals surface area contributed by atoms with Crippen LogP contribution in [-0.4, -0.2) is 46.8 Å². The summed E-state index contributed by atoms with van der Waals surface area (Å²) in [5.41, 5.74) is 5.55. The topological polar surface area (TPSA) is 59.4 Å². The second-order valence-corrected chi connectivity index (χ2v) is 9.67. The van der Waals surface area contributed by atoms with Crippen molar-refractivity contribution in [2.45, 2.75) is 52.6 Å². The van der Waals surface area contributed by atoms with Gasteiger partial charge in [-0.2, -0.15) is 5.10 Å². The third kappa shape index (κ3) is 5.85. The van der Waals surface area contributed by atoms with Gasteiger partial charge < -0.3 is 10.1 Å². The van der Waals surface area contributed by atoms with Gasteiger partial charge in [0.1, 0.15) is 0 Å². The number of nitrogens with zero attached hydrogens (tertiary/aromatic N) is 3. The molecule has 1 amide bonds. The number of methoxy groups -OCH3 is 1. The molecular weight excluding hydrogens is 467 g/mol. The second kappa shape index (κ2) is 10.8. The van der Waals surface area contributed by atoms with Crippen LogP contribution in [0.1, 0.15) is 40.9 Å². The molecule has 0 saturated carbocycles. The summed E-state index contributed by atoms with van der Waals surface area (Å²) < 4.78 is 20.8. The molecule has 0 atom stereocenters. The zero-order valence-electron chi connectivity index (χ0n) is 20.7. The number of rotatable bonds is 7. The molecule has 6 nitrogen and oxygen atoms in total. The molecule has 0 radical (unpaired) electrons. The van der Waals surface area contributed by atoms with Gasteiger partial charge in [-0.05, 0) is 69.0 Å². The zero-order chi connectivity index (χ0) is 25.1. The van der Waals surface area contributed by atoms with E-state index in [0.29, 0.717) is 18.0 Å². The lowest BCUT2D eigenvalue weighted by Crippen LogP contribution is -2.44. The van der Waals surface area contributed by atoms with Crippen LogP contribution in [0.4, 0.5) is 4.39 Å². The van der Waals surface area contributed by atoms with E-state index in [0.717, 1.165) is 59.7 Å². The average Bonchev–Trinajstić information content (AvgIpc) is 3.10. The maximum Gasteiger partial charge on any atom is 0.224 e. The van der Waals surface area contributed by atoms with Crippen molar-refractivity contribution >= 4 is 17.5 Å². The molecule has 1 aromatic heterocycles. The molecule has 0 spiro atoms. The van der Waals surface area contributed by atoms with Gasteiger partial charge in [-0.1, -0.05) is 23.7 Å². The maximum atomic E-state index is 14.0. The highest BCUT2D eigenvalue weighted by molar-refractivity contribution is 6.31. The normalized spacial score (nSPS) is 14.8. The first-order chi connectivity index (χ1) is 16.7. The predicted molar refractivity (Wildman–Crippen MR) is 136 cm³/mol. The van der Waals surface area contributed by atoms with Crippen molar-refractivity contribution in [3.8, 4) is 11.4 Å². The number of hydrogen-bond acceptors (Lipinski definition) is 4. The fourth-order valence-corrected chi connectivity index (χ4v) is 4.81. The summed E-state index contributed by atoms with van der Waals surface area (Å²) in [7, 11) is 1.46. The minimum atomic E-state index is -0.341. The minimum absolute atomic E-state index is 0.00774. The van der Waals surface area contributed by atoms with Crippen molar-refractivity contribution in [2.75, 3.05) is 20.2 Å². The van der Waals surface area contributed by atoms with Gasteiger partial charge in [0.25, 0.3) is 0 Å². The predicted octanol–water partition coefficient (Wildman–Crippen LogP) is 4.92. The van der Waals surface area contributed by atoms with Crippen molar-refractivity contribution in [3.63, 3.8) is 0 Å². The van der Waals surface area contributed by atoms with E-state index in [-0.39, 0.29) is 23.5 Å². The summed E-state index contributed by atoms with van der Waals surface area (Å²) in [5, 5.41) is 8.54. The number of benzene rings is 2. The number of carbonyl (C=O) groups excluding carboxylic acids is 1. The molecule has 2 aromatic carbocycles. The van der Waals surface area contributed by atoms with E-state index in [1.54, 1.807) is 6.07 Å². The highest BCUT2D eigenvalue weighted by atomic mass is 35.5. The molecule has 1 aliphatic rings. The zero-order valence-corrected chi connectivity index (χ0v) is 21.5. The lowest BCUT2D eigenvalue weighted by atomic mass is 10.0. The Morgan fingerprint density at radius 2 is 1.91 bits per heavy atom. The van der Waals surface area contributed by atoms with Gasteiger partial charge in [0, 0.05) is 42.0 Å². The Hall–Kier alpha value is -2.90. The Kier molecular flexibility index (Phi) is 7.77. The Bertz CT molecular complexity index is 1220. The number of halogens is 2. The van der Waals surface area contributed by atoms with Gasteiger partial charge in [0.05, 0.1) is 24.9 Å². The van der Waals surface area contributed by atoms with E-state index in [4.69, 9.17) is 16.3 Å². The van der Waals surface area contributed by atoms with Crippen LogP contribution in [0.25, 0.3) is 5.69 Å². The van der Waals surface area contributed by atoms with Crippen molar-refractivity contribution < 1.29 is 13.9 Å². The SMILES string of the molecule is COc1ccc(CN2CCC(NC(=O)Cc3c(C)nn(-c4ccc(C)c(Cl)c4)c3C)CC2)cc1F. The molecule has 1 saturated heterocycles. The molecule has 8 heteroatoms. The quantitative estimate of drug-likeness (QED) is 0.502. The first-order valence-corrected chi connectivity index (χ1v) is 12.3. The molecule has 186 valence electrons. The summed E-state index contributed by atoms with van der Waals surface area (Å²) in [6, 6.07) is 11.1. The molecule has 3 aromatic rings. The van der Waals surface area contributed by atoms with Crippen molar-refractivity contribution in [1.82, 2.24) is 20.0 Å². The summed E-state index contributed by atoms with van der Waals surface area (Å²) in [6.07, 6.45) is 2.02. The Morgan fingerprint density at radius 3 is 2.57 bits per heavy atom. The monoisotopic (exact) mass is 498 g/mol. The average molecular weight is 499 g/mol. The number of amides is 1. The number of likely N-dealkylation sites (tertiary alicyclic amines) is 1. The molecular formula is C27H32ClFN4O2. The van der Waals surface area contributed by atoms with Gasteiger partial charge in [-0.15, -0.1) is 0 Å². The van der Waals surface area contributed by atoms with Gasteiger partial charge in [0.15, 0.2) is 11.6 Å². The third-order valence-corrected chi connectivity index (χ3v) is 7.16. The van der Waals surface area contributed by atoms with Crippen LogP contribution in [0, 0.1) is 26.6 Å². The van der Waals surface area contributed by atoms with Gasteiger partial charge >= 0.3 is 0 Å². The van der Waals surface area contributed by atoms with E-state index in [9.17, 15) is 9.18 Å². The van der Waals surface area contributed by atoms with Gasteiger partial charge in [-0.3, -0.25) is 9.69 Å². The van der Waals surface area contributed by atoms with Crippen LogP contribution in [-0.2, 0) is 17.8 Å². The Balaban J connectivity index is 1.31. The van der Waals surface area contributed by atoms with Crippen LogP contribution >= 0.6 is 11.6 Å². The number of aromatic nitrogens is 2. The first-order valence-electron chi connectivity index (χ1n) is 11.9. The Labute approximate surface area is 211 Å². The molecule has 1 N–H and O–H groups in total. The molecule has 0 bridgehead atoms. The summed E-state index contributed by atoms with van der Waals surface area (Å²) in [6.45, 7) is 8.26. The maximum absolute atomic E-state index is 14.0. The molecule has 2 heterocycles. The number of ether oxygens (including phenoxy) is 1. The fraction of sp³-hybridized carbons (Fsp3) is 0.407. The van der Waals surface area contributed by atoms with E-state index >= 15 is 0 Å². The first kappa shape index (κ1) is 25.2. The minimum Gasteiger partial charge on any atom is -0.494 e. The largest absolute Gasteiger partial charge is 0.494 e. The molecule has 0 unspecified atom stereocenters. The fourth-order valence-electron chi connectivity index (χ4n) is 4.64. The van der Waals surface area contributed by atoms with Crippen molar-refractivity contribution in [1.29, 1.82) is 0 Å². The molecule has 35 heavy (non-hydrogen) atoms. The summed E-state index contributed by atoms with van der Waals surface area (Å²) >= 11 is 6.30. The molecule has 1 fully saturated rings. The lowest BCUT2D eigenvalue weighted by Gasteiger charge is -2.32. The van der Waals surface area contributed by atoms with Crippen LogP contribution in [0.3, 0.4) is 0 Å². The highest BCUT2D eigenvalue weighted by Crippen LogP contribution is 2.24. The standard InChI is InChI=1S/C27H32ClFN4O2/c1-17-5-7-22(14-24(17)28)33-19(3)23(18(2)31-33)15-27(34)30-21-9-11-32(12-10-21)16-20-6-8-26(35-4)25(29)13-20/h5-8,13-14,21H,9-12,15-16H2,1-4H3,(H,30,34). The molecule has 4 rings (SSSR count). The summed E-state index contributed by atoms with van der Waals surface area (Å²) in [4.78, 5) is 15.2. The number of piperidine rings is 1. The van der Waals surface area contributed by atoms with Crippen LogP contribution in [0.5, 0.6) is 5.75 Å². The second-order valence-electron chi connectivity index (χ2n) is 9.26. The smallest absolute Gasteiger partial charge is 0.224 e. The van der Waals surface area contributed by atoms with Gasteiger partial charge in [0.2, 0.25) is 5.91 Å². The number of nitrogens with one attached hydrogen (secondary N) is 1. The lowest BCUT2D eigenvalue weighted by molar-refractivity contribution is -0.121. The number of aryl methyl sites for hydroxylation is 2. The van der Waals surface area contributed by atoms with E-state index < -0.39 is 0 Å². The van der Waals surface area contributed by atoms with Crippen LogP contribution in [0.2, 0.25) is 5.02 Å². The number of hydrogen-bond donors (Lipinski definition) is 1. The van der Waals surface area contributed by atoms with Crippen molar-refractivity contribution in [2.24, 2.45) is 0 Å². The summed E-state index contributed by atoms with van der Waals surface area (Å²) in [5.74, 6) is -0.0752. The van der Waals surface area contributed by atoms with E-state index in [1.807, 2.05) is 49.7 Å².